The molecule has 0 unspecified atom stereocenters. The number of alkyl halides is 6. The minimum Gasteiger partial charge on any atom is -0.370 e. The fourth-order valence-corrected chi connectivity index (χ4v) is 4.69. The number of guanidine groups is 2. The first-order valence-corrected chi connectivity index (χ1v) is 14.5. The van der Waals surface area contributed by atoms with Crippen molar-refractivity contribution in [2.24, 2.45) is 26.4 Å². The second-order valence-corrected chi connectivity index (χ2v) is 10.5. The summed E-state index contributed by atoms with van der Waals surface area (Å²) in [5, 5.41) is 23.2. The zero-order chi connectivity index (χ0) is 31.9. The Morgan fingerprint density at radius 1 is 0.837 bits per heavy atom. The van der Waals surface area contributed by atoms with E-state index in [-0.39, 0.29) is 17.8 Å². The van der Waals surface area contributed by atoms with Crippen molar-refractivity contribution in [1.29, 1.82) is 0 Å². The predicted octanol–water partition coefficient (Wildman–Crippen LogP) is 3.79. The van der Waals surface area contributed by atoms with Crippen LogP contribution < -0.4 is 27.4 Å². The molecule has 240 valence electrons. The summed E-state index contributed by atoms with van der Waals surface area (Å²) in [4.78, 5) is 29.7. The molecule has 0 saturated carbocycles. The number of unbranched alkanes of at least 4 members (excludes halogenated alkanes) is 2. The number of nitrogens with zero attached hydrogens (tertiary/aromatic N) is 6. The van der Waals surface area contributed by atoms with Gasteiger partial charge in [0.2, 0.25) is 0 Å². The lowest BCUT2D eigenvalue weighted by Crippen LogP contribution is -2.31. The van der Waals surface area contributed by atoms with E-state index in [9.17, 15) is 36.5 Å². The van der Waals surface area contributed by atoms with Crippen LogP contribution in [-0.4, -0.2) is 77.7 Å². The maximum absolute atomic E-state index is 12.2. The van der Waals surface area contributed by atoms with E-state index in [0.29, 0.717) is 67.6 Å². The van der Waals surface area contributed by atoms with Gasteiger partial charge >= 0.3 is 12.4 Å². The van der Waals surface area contributed by atoms with Crippen LogP contribution in [0.15, 0.2) is 25.7 Å². The molecular formula is C22H31F6N11O2S2. The highest BCUT2D eigenvalue weighted by Gasteiger charge is 2.27. The number of aliphatic imine (C=N–C) groups is 3. The molecule has 0 aliphatic heterocycles. The van der Waals surface area contributed by atoms with Crippen LogP contribution in [0, 0.1) is 10.1 Å². The SMILES string of the molecule is NC(=NCC(F)(F)F)Nc1nc(CCCCN=C(C[N+](=O)[O-])NCCCCc2csc(NC(N)=NCC(F)(F)F)n2)cs1. The average molecular weight is 660 g/mol. The molecule has 21 heteroatoms. The first kappa shape index (κ1) is 35.4. The molecular weight excluding hydrogens is 628 g/mol. The van der Waals surface area contributed by atoms with E-state index in [1.54, 1.807) is 10.8 Å². The number of anilines is 2. The number of nitrogens with two attached hydrogens (primary N) is 2. The van der Waals surface area contributed by atoms with Crippen molar-refractivity contribution in [1.82, 2.24) is 15.3 Å². The molecule has 2 aromatic heterocycles. The zero-order valence-corrected chi connectivity index (χ0v) is 24.3. The predicted molar refractivity (Wildman–Crippen MR) is 155 cm³/mol. The van der Waals surface area contributed by atoms with Gasteiger partial charge in [0, 0.05) is 28.8 Å². The largest absolute Gasteiger partial charge is 0.408 e. The number of aromatic nitrogens is 2. The van der Waals surface area contributed by atoms with Crippen molar-refractivity contribution >= 4 is 50.7 Å². The normalized spacial score (nSPS) is 13.3. The molecule has 0 fully saturated rings. The van der Waals surface area contributed by atoms with Crippen LogP contribution in [0.1, 0.15) is 37.1 Å². The highest BCUT2D eigenvalue weighted by molar-refractivity contribution is 7.14. The van der Waals surface area contributed by atoms with E-state index >= 15 is 0 Å². The minimum atomic E-state index is -4.45. The molecule has 0 radical (unpaired) electrons. The third-order valence-electron chi connectivity index (χ3n) is 5.04. The number of thiazole rings is 2. The highest BCUT2D eigenvalue weighted by Crippen LogP contribution is 2.19. The van der Waals surface area contributed by atoms with Gasteiger partial charge in [-0.3, -0.25) is 15.1 Å². The lowest BCUT2D eigenvalue weighted by molar-refractivity contribution is -0.463. The summed E-state index contributed by atoms with van der Waals surface area (Å²) in [6, 6.07) is 0. The number of nitro groups is 1. The summed E-state index contributed by atoms with van der Waals surface area (Å²) in [7, 11) is 0. The van der Waals surface area contributed by atoms with Crippen molar-refractivity contribution in [3.8, 4) is 0 Å². The monoisotopic (exact) mass is 659 g/mol. The Hall–Kier alpha value is -3.75. The van der Waals surface area contributed by atoms with Crippen LogP contribution in [0.25, 0.3) is 0 Å². The van der Waals surface area contributed by atoms with Crippen molar-refractivity contribution in [3.63, 3.8) is 0 Å². The average Bonchev–Trinajstić information content (AvgIpc) is 3.53. The van der Waals surface area contributed by atoms with Crippen LogP contribution in [0.2, 0.25) is 0 Å². The molecule has 2 rings (SSSR count). The molecule has 0 aliphatic rings. The van der Waals surface area contributed by atoms with Crippen LogP contribution in [0.5, 0.6) is 0 Å². The fraction of sp³-hybridized carbons (Fsp3) is 0.591. The third kappa shape index (κ3) is 17.1. The van der Waals surface area contributed by atoms with Gasteiger partial charge < -0.3 is 27.4 Å². The van der Waals surface area contributed by atoms with Gasteiger partial charge in [-0.05, 0) is 38.5 Å². The van der Waals surface area contributed by atoms with E-state index in [0.717, 1.165) is 5.69 Å². The summed E-state index contributed by atoms with van der Waals surface area (Å²) in [6.45, 7) is -2.43. The number of hydrogen-bond donors (Lipinski definition) is 5. The van der Waals surface area contributed by atoms with Crippen LogP contribution in [0.3, 0.4) is 0 Å². The first-order valence-electron chi connectivity index (χ1n) is 12.7. The van der Waals surface area contributed by atoms with Crippen LogP contribution in [0.4, 0.5) is 36.6 Å². The van der Waals surface area contributed by atoms with Gasteiger partial charge in [-0.2, -0.15) is 26.3 Å². The van der Waals surface area contributed by atoms with E-state index in [2.05, 4.69) is 40.9 Å². The molecule has 0 saturated heterocycles. The third-order valence-corrected chi connectivity index (χ3v) is 6.66. The van der Waals surface area contributed by atoms with Gasteiger partial charge in [-0.15, -0.1) is 22.7 Å². The topological polar surface area (TPSA) is 194 Å². The molecule has 0 aliphatic carbocycles. The summed E-state index contributed by atoms with van der Waals surface area (Å²) in [6.07, 6.45) is -5.07. The quantitative estimate of drug-likeness (QED) is 0.0445. The Labute approximate surface area is 250 Å². The van der Waals surface area contributed by atoms with Gasteiger partial charge in [0.15, 0.2) is 28.0 Å². The molecule has 0 atom stereocenters. The number of aryl methyl sites for hydroxylation is 2. The van der Waals surface area contributed by atoms with Gasteiger partial charge in [-0.25, -0.2) is 20.0 Å². The Bertz CT molecular complexity index is 1240. The van der Waals surface area contributed by atoms with Gasteiger partial charge in [0.05, 0.1) is 11.4 Å². The maximum Gasteiger partial charge on any atom is 0.408 e. The number of rotatable bonds is 16. The Morgan fingerprint density at radius 2 is 1.33 bits per heavy atom. The summed E-state index contributed by atoms with van der Waals surface area (Å²) >= 11 is 2.36. The summed E-state index contributed by atoms with van der Waals surface area (Å²) in [5.74, 6) is -0.509. The molecule has 2 aromatic rings. The van der Waals surface area contributed by atoms with Crippen LogP contribution in [-0.2, 0) is 12.8 Å². The summed E-state index contributed by atoms with van der Waals surface area (Å²) < 4.78 is 73.3. The number of halogens is 6. The molecule has 0 amide bonds. The lowest BCUT2D eigenvalue weighted by atomic mass is 10.2. The standard InChI is InChI=1S/C22H31F6N11O2S2/c23-21(24,25)12-33-17(29)37-19-35-14(10-42-19)5-1-3-7-31-16(9-39(40)41)32-8-4-2-6-15-11-43-20(36-15)38-18(30)34-13-22(26,27)28/h10-11H,1-9,12-13H2,(H,31,32)(H3,29,33,35,37)(H3,30,34,36,38). The second-order valence-electron chi connectivity index (χ2n) is 8.83. The van der Waals surface area contributed by atoms with E-state index in [1.807, 2.05) is 0 Å². The first-order chi connectivity index (χ1) is 20.2. The Morgan fingerprint density at radius 3 is 1.79 bits per heavy atom. The molecule has 0 bridgehead atoms. The highest BCUT2D eigenvalue weighted by atomic mass is 32.1. The second kappa shape index (κ2) is 17.4. The van der Waals surface area contributed by atoms with E-state index in [4.69, 9.17) is 11.5 Å². The molecule has 0 aromatic carbocycles. The minimum absolute atomic E-state index is 0.257. The number of nitrogens with one attached hydrogen (secondary N) is 3. The molecule has 13 nitrogen and oxygen atoms in total. The number of amidine groups is 1. The van der Waals surface area contributed by atoms with Crippen molar-refractivity contribution < 1.29 is 31.3 Å². The molecule has 43 heavy (non-hydrogen) atoms. The van der Waals surface area contributed by atoms with Gasteiger partial charge in [0.25, 0.3) is 6.54 Å². The molecule has 7 N–H and O–H groups in total. The van der Waals surface area contributed by atoms with Gasteiger partial charge in [0.1, 0.15) is 13.1 Å². The van der Waals surface area contributed by atoms with Gasteiger partial charge in [-0.1, -0.05) is 0 Å². The van der Waals surface area contributed by atoms with Crippen molar-refractivity contribution in [2.75, 3.05) is 43.4 Å². The zero-order valence-electron chi connectivity index (χ0n) is 22.7. The molecule has 2 heterocycles. The smallest absolute Gasteiger partial charge is 0.370 e. The number of hydrogen-bond acceptors (Lipinski definition) is 9. The molecule has 0 spiro atoms. The summed E-state index contributed by atoms with van der Waals surface area (Å²) in [5.41, 5.74) is 12.3. The fourth-order valence-electron chi connectivity index (χ4n) is 3.19. The van der Waals surface area contributed by atoms with E-state index < -0.39 is 36.9 Å². The lowest BCUT2D eigenvalue weighted by Gasteiger charge is -2.07. The Kier molecular flexibility index (Phi) is 14.3. The van der Waals surface area contributed by atoms with Crippen molar-refractivity contribution in [2.45, 2.75) is 50.9 Å². The Balaban J connectivity index is 1.68. The van der Waals surface area contributed by atoms with Crippen molar-refractivity contribution in [3.05, 3.63) is 32.3 Å². The maximum atomic E-state index is 12.2. The van der Waals surface area contributed by atoms with Crippen LogP contribution >= 0.6 is 22.7 Å². The van der Waals surface area contributed by atoms with E-state index in [1.165, 1.54) is 22.7 Å².